The van der Waals surface area contributed by atoms with E-state index in [1.807, 2.05) is 0 Å². The zero-order valence-electron chi connectivity index (χ0n) is 6.30. The predicted octanol–water partition coefficient (Wildman–Crippen LogP) is 0.750. The molecule has 0 aliphatic carbocycles. The highest BCUT2D eigenvalue weighted by Gasteiger charge is 1.85. The van der Waals surface area contributed by atoms with E-state index in [0.29, 0.717) is 18.0 Å². The quantitative estimate of drug-likeness (QED) is 0.515. The van der Waals surface area contributed by atoms with Gasteiger partial charge in [0.25, 0.3) is 5.56 Å². The Bertz CT molecular complexity index is 341. The number of alkyl halides is 1. The number of aromatic nitrogens is 2. The van der Waals surface area contributed by atoms with Gasteiger partial charge < -0.3 is 0 Å². The Balaban J connectivity index is 2.72. The van der Waals surface area contributed by atoms with Gasteiger partial charge in [-0.15, -0.1) is 11.6 Å². The van der Waals surface area contributed by atoms with Crippen molar-refractivity contribution in [3.05, 3.63) is 28.2 Å². The van der Waals surface area contributed by atoms with Gasteiger partial charge in [-0.05, 0) is 12.0 Å². The minimum absolute atomic E-state index is 0.224. The molecule has 1 aromatic rings. The number of hydrogen-bond donors (Lipinski definition) is 1. The van der Waals surface area contributed by atoms with Crippen LogP contribution in [-0.4, -0.2) is 16.1 Å². The number of nitrogens with zero attached hydrogens (tertiary/aromatic N) is 1. The molecule has 0 fully saturated rings. The van der Waals surface area contributed by atoms with Crippen LogP contribution in [0.5, 0.6) is 0 Å². The summed E-state index contributed by atoms with van der Waals surface area (Å²) in [6.07, 6.45) is 0.627. The van der Waals surface area contributed by atoms with E-state index in [1.165, 1.54) is 6.07 Å². The second-order valence-corrected chi connectivity index (χ2v) is 2.43. The predicted molar refractivity (Wildman–Crippen MR) is 47.1 cm³/mol. The van der Waals surface area contributed by atoms with E-state index >= 15 is 0 Å². The van der Waals surface area contributed by atoms with Gasteiger partial charge in [-0.1, -0.05) is 5.92 Å². The zero-order valence-corrected chi connectivity index (χ0v) is 7.06. The largest absolute Gasteiger partial charge is 0.268 e. The zero-order chi connectivity index (χ0) is 8.81. The van der Waals surface area contributed by atoms with Crippen molar-refractivity contribution in [3.63, 3.8) is 0 Å². The molecule has 0 bridgehead atoms. The first kappa shape index (κ1) is 8.82. The van der Waals surface area contributed by atoms with Crippen molar-refractivity contribution >= 4 is 11.6 Å². The SMILES string of the molecule is O=c1ccc(C#CCCCl)n[nH]1. The molecule has 0 saturated carbocycles. The first-order valence-electron chi connectivity index (χ1n) is 3.43. The molecule has 62 valence electrons. The average Bonchev–Trinajstić information content (AvgIpc) is 2.09. The fourth-order valence-electron chi connectivity index (χ4n) is 0.614. The summed E-state index contributed by atoms with van der Waals surface area (Å²) < 4.78 is 0. The van der Waals surface area contributed by atoms with Gasteiger partial charge in [0.2, 0.25) is 0 Å². The van der Waals surface area contributed by atoms with Crippen LogP contribution in [0, 0.1) is 11.8 Å². The van der Waals surface area contributed by atoms with Gasteiger partial charge in [0.05, 0.1) is 0 Å². The van der Waals surface area contributed by atoms with Gasteiger partial charge in [-0.2, -0.15) is 5.10 Å². The number of H-pyrrole nitrogens is 1. The monoisotopic (exact) mass is 182 g/mol. The smallest absolute Gasteiger partial charge is 0.264 e. The van der Waals surface area contributed by atoms with Gasteiger partial charge in [-0.3, -0.25) is 4.79 Å². The molecule has 0 spiro atoms. The Hall–Kier alpha value is -1.27. The molecule has 1 rings (SSSR count). The molecule has 0 aliphatic rings. The Morgan fingerprint density at radius 3 is 3.00 bits per heavy atom. The molecule has 4 heteroatoms. The van der Waals surface area contributed by atoms with Crippen LogP contribution < -0.4 is 5.56 Å². The maximum absolute atomic E-state index is 10.6. The Kier molecular flexibility index (Phi) is 3.36. The van der Waals surface area contributed by atoms with Crippen LogP contribution in [-0.2, 0) is 0 Å². The van der Waals surface area contributed by atoms with Crippen molar-refractivity contribution in [2.75, 3.05) is 5.88 Å². The molecule has 0 unspecified atom stereocenters. The lowest BCUT2D eigenvalue weighted by Crippen LogP contribution is -2.05. The number of hydrogen-bond acceptors (Lipinski definition) is 2. The van der Waals surface area contributed by atoms with Gasteiger partial charge >= 0.3 is 0 Å². The fourth-order valence-corrected chi connectivity index (χ4v) is 0.709. The molecule has 0 aliphatic heterocycles. The molecule has 0 radical (unpaired) electrons. The number of nitrogens with one attached hydrogen (secondary N) is 1. The van der Waals surface area contributed by atoms with Gasteiger partial charge in [0.15, 0.2) is 0 Å². The normalized spacial score (nSPS) is 8.75. The minimum Gasteiger partial charge on any atom is -0.268 e. The van der Waals surface area contributed by atoms with Crippen molar-refractivity contribution in [1.29, 1.82) is 0 Å². The summed E-state index contributed by atoms with van der Waals surface area (Å²) >= 11 is 5.41. The van der Waals surface area contributed by atoms with Crippen LogP contribution in [0.3, 0.4) is 0 Å². The van der Waals surface area contributed by atoms with E-state index in [4.69, 9.17) is 11.6 Å². The van der Waals surface area contributed by atoms with Crippen molar-refractivity contribution in [2.45, 2.75) is 6.42 Å². The second kappa shape index (κ2) is 4.58. The van der Waals surface area contributed by atoms with E-state index in [2.05, 4.69) is 22.0 Å². The topological polar surface area (TPSA) is 45.8 Å². The van der Waals surface area contributed by atoms with Crippen LogP contribution >= 0.6 is 11.6 Å². The molecule has 0 atom stereocenters. The van der Waals surface area contributed by atoms with Crippen LogP contribution in [0.15, 0.2) is 16.9 Å². The highest BCUT2D eigenvalue weighted by molar-refractivity contribution is 6.18. The van der Waals surface area contributed by atoms with Gasteiger partial charge in [-0.25, -0.2) is 5.10 Å². The third-order valence-electron chi connectivity index (χ3n) is 1.12. The molecule has 3 nitrogen and oxygen atoms in total. The summed E-state index contributed by atoms with van der Waals surface area (Å²) in [6.45, 7) is 0. The van der Waals surface area contributed by atoms with E-state index in [9.17, 15) is 4.79 Å². The lowest BCUT2D eigenvalue weighted by molar-refractivity contribution is 0.973. The molecular formula is C8H7ClN2O. The summed E-state index contributed by atoms with van der Waals surface area (Å²) in [5, 5.41) is 5.98. The molecule has 1 aromatic heterocycles. The Labute approximate surface area is 74.8 Å². The minimum atomic E-state index is -0.224. The average molecular weight is 183 g/mol. The molecule has 0 amide bonds. The molecule has 12 heavy (non-hydrogen) atoms. The highest BCUT2D eigenvalue weighted by Crippen LogP contribution is 1.85. The fraction of sp³-hybridized carbons (Fsp3) is 0.250. The number of aromatic amines is 1. The molecule has 0 aromatic carbocycles. The van der Waals surface area contributed by atoms with Crippen molar-refractivity contribution < 1.29 is 0 Å². The van der Waals surface area contributed by atoms with Crippen LogP contribution in [0.2, 0.25) is 0 Å². The van der Waals surface area contributed by atoms with Crippen molar-refractivity contribution in [2.24, 2.45) is 0 Å². The van der Waals surface area contributed by atoms with Crippen molar-refractivity contribution in [1.82, 2.24) is 10.2 Å². The van der Waals surface area contributed by atoms with Gasteiger partial charge in [0, 0.05) is 18.4 Å². The standard InChI is InChI=1S/C8H7ClN2O/c9-6-2-1-3-7-4-5-8(12)11-10-7/h4-5H,2,6H2,(H,11,12). The number of halogens is 1. The summed E-state index contributed by atoms with van der Waals surface area (Å²) in [4.78, 5) is 10.6. The third kappa shape index (κ3) is 2.77. The van der Waals surface area contributed by atoms with Gasteiger partial charge in [0.1, 0.15) is 5.69 Å². The lowest BCUT2D eigenvalue weighted by atomic mass is 10.3. The molecule has 0 saturated heterocycles. The second-order valence-electron chi connectivity index (χ2n) is 2.05. The van der Waals surface area contributed by atoms with E-state index in [1.54, 1.807) is 6.07 Å². The maximum Gasteiger partial charge on any atom is 0.264 e. The molecular weight excluding hydrogens is 176 g/mol. The first-order chi connectivity index (χ1) is 5.83. The van der Waals surface area contributed by atoms with E-state index in [0.717, 1.165) is 0 Å². The third-order valence-corrected chi connectivity index (χ3v) is 1.30. The highest BCUT2D eigenvalue weighted by atomic mass is 35.5. The summed E-state index contributed by atoms with van der Waals surface area (Å²) in [7, 11) is 0. The Morgan fingerprint density at radius 1 is 1.58 bits per heavy atom. The van der Waals surface area contributed by atoms with Crippen LogP contribution in [0.25, 0.3) is 0 Å². The lowest BCUT2D eigenvalue weighted by Gasteiger charge is -1.84. The van der Waals surface area contributed by atoms with Crippen molar-refractivity contribution in [3.8, 4) is 11.8 Å². The van der Waals surface area contributed by atoms with Crippen LogP contribution in [0.4, 0.5) is 0 Å². The van der Waals surface area contributed by atoms with Crippen LogP contribution in [0.1, 0.15) is 12.1 Å². The first-order valence-corrected chi connectivity index (χ1v) is 3.97. The van der Waals surface area contributed by atoms with E-state index < -0.39 is 0 Å². The summed E-state index contributed by atoms with van der Waals surface area (Å²) in [6, 6.07) is 2.96. The summed E-state index contributed by atoms with van der Waals surface area (Å²) in [5.74, 6) is 6.07. The molecule has 1 N–H and O–H groups in total. The summed E-state index contributed by atoms with van der Waals surface area (Å²) in [5.41, 5.74) is 0.331. The Morgan fingerprint density at radius 2 is 2.42 bits per heavy atom. The maximum atomic E-state index is 10.6. The molecule has 1 heterocycles. The van der Waals surface area contributed by atoms with E-state index in [-0.39, 0.29) is 5.56 Å². The number of rotatable bonds is 1.